The molecule has 3 aromatic carbocycles. The molecule has 0 saturated carbocycles. The van der Waals surface area contributed by atoms with Crippen molar-refractivity contribution in [2.24, 2.45) is 0 Å². The van der Waals surface area contributed by atoms with E-state index in [1.165, 1.54) is 23.1 Å². The van der Waals surface area contributed by atoms with Crippen molar-refractivity contribution in [3.63, 3.8) is 0 Å². The summed E-state index contributed by atoms with van der Waals surface area (Å²) < 4.78 is 15.0. The van der Waals surface area contributed by atoms with Crippen LogP contribution in [0.1, 0.15) is 6.92 Å². The molecule has 1 aromatic heterocycles. The molecule has 9 heteroatoms. The van der Waals surface area contributed by atoms with E-state index in [0.717, 1.165) is 5.56 Å². The Morgan fingerprint density at radius 2 is 1.71 bits per heavy atom. The zero-order chi connectivity index (χ0) is 24.8. The van der Waals surface area contributed by atoms with Crippen LogP contribution in [0.4, 0.5) is 20.7 Å². The topological polar surface area (TPSA) is 79.3 Å². The van der Waals surface area contributed by atoms with E-state index in [1.807, 2.05) is 30.3 Å². The van der Waals surface area contributed by atoms with Gasteiger partial charge in [0.2, 0.25) is 5.91 Å². The minimum Gasteiger partial charge on any atom is -0.315 e. The van der Waals surface area contributed by atoms with Gasteiger partial charge in [-0.2, -0.15) is 5.10 Å². The van der Waals surface area contributed by atoms with Crippen LogP contribution in [-0.4, -0.2) is 39.7 Å². The van der Waals surface area contributed by atoms with Crippen LogP contribution in [0, 0.1) is 5.82 Å². The lowest BCUT2D eigenvalue weighted by Gasteiger charge is -2.21. The first-order valence-corrected chi connectivity index (χ1v) is 11.3. The number of carbonyl (C=O) groups is 2. The Balaban J connectivity index is 1.53. The van der Waals surface area contributed by atoms with Crippen molar-refractivity contribution in [2.45, 2.75) is 6.92 Å². The number of hydrogen-bond donors (Lipinski definition) is 2. The lowest BCUT2D eigenvalue weighted by Crippen LogP contribution is -2.40. The molecule has 0 unspecified atom stereocenters. The number of nitrogens with zero attached hydrogens (tertiary/aromatic N) is 3. The fraction of sp³-hybridized carbons (Fsp3) is 0.115. The number of anilines is 2. The van der Waals surface area contributed by atoms with Crippen LogP contribution in [0.2, 0.25) is 5.02 Å². The summed E-state index contributed by atoms with van der Waals surface area (Å²) in [6.07, 6.45) is 0. The van der Waals surface area contributed by atoms with Crippen molar-refractivity contribution in [1.29, 1.82) is 0 Å². The third-order valence-corrected chi connectivity index (χ3v) is 5.45. The number of urea groups is 1. The summed E-state index contributed by atoms with van der Waals surface area (Å²) in [7, 11) is 0. The molecule has 0 spiro atoms. The zero-order valence-corrected chi connectivity index (χ0v) is 19.7. The Morgan fingerprint density at radius 3 is 2.40 bits per heavy atom. The number of carbonyl (C=O) groups excluding carboxylic acids is 2. The summed E-state index contributed by atoms with van der Waals surface area (Å²) >= 11 is 6.03. The van der Waals surface area contributed by atoms with E-state index in [1.54, 1.807) is 48.0 Å². The normalized spacial score (nSPS) is 10.6. The third-order valence-electron chi connectivity index (χ3n) is 5.20. The molecule has 178 valence electrons. The number of aromatic nitrogens is 2. The predicted molar refractivity (Wildman–Crippen MR) is 135 cm³/mol. The number of benzene rings is 3. The highest BCUT2D eigenvalue weighted by atomic mass is 35.5. The van der Waals surface area contributed by atoms with Gasteiger partial charge in [0.1, 0.15) is 18.2 Å². The average Bonchev–Trinajstić information content (AvgIpc) is 3.27. The van der Waals surface area contributed by atoms with E-state index in [9.17, 15) is 14.0 Å². The van der Waals surface area contributed by atoms with E-state index in [4.69, 9.17) is 11.6 Å². The van der Waals surface area contributed by atoms with E-state index in [-0.39, 0.29) is 13.1 Å². The first kappa shape index (κ1) is 24.0. The molecule has 0 radical (unpaired) electrons. The van der Waals surface area contributed by atoms with Gasteiger partial charge in [0, 0.05) is 28.9 Å². The smallest absolute Gasteiger partial charge is 0.315 e. The van der Waals surface area contributed by atoms with Crippen LogP contribution in [-0.2, 0) is 4.79 Å². The first-order valence-electron chi connectivity index (χ1n) is 11.0. The molecule has 0 fully saturated rings. The largest absolute Gasteiger partial charge is 0.322 e. The maximum atomic E-state index is 13.4. The van der Waals surface area contributed by atoms with Crippen molar-refractivity contribution in [2.75, 3.05) is 23.7 Å². The molecular weight excluding hydrogens is 469 g/mol. The Hall–Kier alpha value is -4.17. The van der Waals surface area contributed by atoms with Crippen molar-refractivity contribution in [3.8, 4) is 16.9 Å². The van der Waals surface area contributed by atoms with Gasteiger partial charge in [-0.25, -0.2) is 13.9 Å². The molecule has 7 nitrogen and oxygen atoms in total. The average molecular weight is 492 g/mol. The summed E-state index contributed by atoms with van der Waals surface area (Å²) in [6, 6.07) is 23.5. The molecule has 2 N–H and O–H groups in total. The van der Waals surface area contributed by atoms with Gasteiger partial charge in [-0.1, -0.05) is 48.0 Å². The third kappa shape index (κ3) is 6.04. The van der Waals surface area contributed by atoms with Gasteiger partial charge >= 0.3 is 6.03 Å². The Kier molecular flexibility index (Phi) is 7.42. The summed E-state index contributed by atoms with van der Waals surface area (Å²) in [5.41, 5.74) is 2.58. The fourth-order valence-electron chi connectivity index (χ4n) is 3.45. The maximum absolute atomic E-state index is 13.4. The molecule has 0 bridgehead atoms. The summed E-state index contributed by atoms with van der Waals surface area (Å²) in [5, 5.41) is 10.7. The second kappa shape index (κ2) is 10.8. The van der Waals surface area contributed by atoms with Gasteiger partial charge in [0.05, 0.1) is 11.4 Å². The summed E-state index contributed by atoms with van der Waals surface area (Å²) in [6.45, 7) is 1.83. The molecule has 3 amide bonds. The van der Waals surface area contributed by atoms with Crippen LogP contribution < -0.4 is 10.6 Å². The number of rotatable bonds is 7. The molecule has 1 heterocycles. The van der Waals surface area contributed by atoms with Gasteiger partial charge in [0.25, 0.3) is 0 Å². The molecule has 0 saturated heterocycles. The first-order chi connectivity index (χ1) is 16.9. The predicted octanol–water partition coefficient (Wildman–Crippen LogP) is 5.82. The van der Waals surface area contributed by atoms with Crippen LogP contribution >= 0.6 is 11.6 Å². The van der Waals surface area contributed by atoms with Crippen LogP contribution in [0.5, 0.6) is 0 Å². The van der Waals surface area contributed by atoms with Crippen molar-refractivity contribution >= 4 is 35.0 Å². The van der Waals surface area contributed by atoms with E-state index in [2.05, 4.69) is 15.7 Å². The van der Waals surface area contributed by atoms with Gasteiger partial charge < -0.3 is 15.5 Å². The van der Waals surface area contributed by atoms with E-state index in [0.29, 0.717) is 27.9 Å². The fourth-order valence-corrected chi connectivity index (χ4v) is 3.58. The van der Waals surface area contributed by atoms with Crippen molar-refractivity contribution < 1.29 is 14.0 Å². The molecule has 4 aromatic rings. The molecular formula is C26H23ClFN5O2. The lowest BCUT2D eigenvalue weighted by molar-refractivity contribution is -0.116. The number of halogens is 2. The second-order valence-corrected chi connectivity index (χ2v) is 8.11. The lowest BCUT2D eigenvalue weighted by atomic mass is 10.1. The molecule has 35 heavy (non-hydrogen) atoms. The monoisotopic (exact) mass is 491 g/mol. The van der Waals surface area contributed by atoms with Crippen molar-refractivity contribution in [3.05, 3.63) is 95.8 Å². The van der Waals surface area contributed by atoms with E-state index >= 15 is 0 Å². The SMILES string of the molecule is CCN(CC(=O)Nc1cc(-c2ccccc2)nn1-c1ccc(Cl)cc1)C(=O)Nc1cccc(F)c1. The molecule has 0 aliphatic carbocycles. The maximum Gasteiger partial charge on any atom is 0.322 e. The highest BCUT2D eigenvalue weighted by molar-refractivity contribution is 6.30. The quantitative estimate of drug-likeness (QED) is 0.341. The van der Waals surface area contributed by atoms with Gasteiger partial charge in [-0.15, -0.1) is 0 Å². The second-order valence-electron chi connectivity index (χ2n) is 7.67. The standard InChI is InChI=1S/C26H23ClFN5O2/c1-2-32(26(35)29-21-10-6-9-20(28)15-21)17-25(34)30-24-16-23(18-7-4-3-5-8-18)31-33(24)22-13-11-19(27)12-14-22/h3-16H,2,17H2,1H3,(H,29,35)(H,30,34). The highest BCUT2D eigenvalue weighted by Gasteiger charge is 2.19. The number of amides is 3. The molecule has 0 aliphatic rings. The van der Waals surface area contributed by atoms with E-state index < -0.39 is 17.8 Å². The van der Waals surface area contributed by atoms with Gasteiger partial charge in [0.15, 0.2) is 0 Å². The molecule has 0 aliphatic heterocycles. The van der Waals surface area contributed by atoms with Crippen LogP contribution in [0.15, 0.2) is 84.9 Å². The number of nitrogens with one attached hydrogen (secondary N) is 2. The number of hydrogen-bond acceptors (Lipinski definition) is 3. The van der Waals surface area contributed by atoms with Gasteiger partial charge in [-0.05, 0) is 49.4 Å². The number of likely N-dealkylation sites (N-methyl/N-ethyl adjacent to an activating group) is 1. The van der Waals surface area contributed by atoms with Crippen molar-refractivity contribution in [1.82, 2.24) is 14.7 Å². The summed E-state index contributed by atoms with van der Waals surface area (Å²) in [4.78, 5) is 26.9. The Bertz CT molecular complexity index is 1330. The Morgan fingerprint density at radius 1 is 0.971 bits per heavy atom. The van der Waals surface area contributed by atoms with Crippen LogP contribution in [0.3, 0.4) is 0 Å². The minimum atomic E-state index is -0.510. The van der Waals surface area contributed by atoms with Gasteiger partial charge in [-0.3, -0.25) is 4.79 Å². The molecule has 0 atom stereocenters. The zero-order valence-electron chi connectivity index (χ0n) is 18.9. The van der Waals surface area contributed by atoms with Crippen LogP contribution in [0.25, 0.3) is 16.9 Å². The summed E-state index contributed by atoms with van der Waals surface area (Å²) in [5.74, 6) is -0.429. The Labute approximate surface area is 207 Å². The highest BCUT2D eigenvalue weighted by Crippen LogP contribution is 2.25. The minimum absolute atomic E-state index is 0.204. The molecule has 4 rings (SSSR count).